The second kappa shape index (κ2) is 12.5. The van der Waals surface area contributed by atoms with E-state index in [1.54, 1.807) is 6.92 Å². The number of carbonyl (C=O) groups is 1. The van der Waals surface area contributed by atoms with E-state index in [1.165, 1.54) is 10.4 Å². The van der Waals surface area contributed by atoms with Crippen molar-refractivity contribution in [2.45, 2.75) is 64.5 Å². The Hall–Kier alpha value is -2.77. The molecule has 0 unspecified atom stereocenters. The van der Waals surface area contributed by atoms with Crippen molar-refractivity contribution in [2.75, 3.05) is 6.61 Å². The zero-order valence-corrected chi connectivity index (χ0v) is 23.0. The summed E-state index contributed by atoms with van der Waals surface area (Å²) in [5.41, 5.74) is 1.14. The van der Waals surface area contributed by atoms with E-state index in [0.29, 0.717) is 13.2 Å². The molecule has 0 aliphatic carbocycles. The largest absolute Gasteiger partial charge is 0.479 e. The minimum atomic E-state index is -2.74. The average molecular weight is 506 g/mol. The molecule has 0 radical (unpaired) electrons. The first-order valence-corrected chi connectivity index (χ1v) is 14.5. The SMILES string of the molecule is C[C@H](O[C@H](C)C(=O)O)[C@@H](CO[Si](c1ccccc1)(c1ccccc1)C(C)(C)C)NCc1ccccc1. The second-order valence-corrected chi connectivity index (χ2v) is 14.6. The zero-order chi connectivity index (χ0) is 26.2. The molecule has 0 aromatic heterocycles. The molecule has 3 aromatic rings. The van der Waals surface area contributed by atoms with Gasteiger partial charge in [-0.3, -0.25) is 0 Å². The van der Waals surface area contributed by atoms with Gasteiger partial charge in [-0.25, -0.2) is 4.79 Å². The Bertz CT molecular complexity index is 1030. The van der Waals surface area contributed by atoms with Gasteiger partial charge in [0.1, 0.15) is 0 Å². The van der Waals surface area contributed by atoms with E-state index < -0.39 is 20.4 Å². The van der Waals surface area contributed by atoms with Crippen LogP contribution in [0.3, 0.4) is 0 Å². The highest BCUT2D eigenvalue weighted by Gasteiger charge is 2.50. The number of benzene rings is 3. The highest BCUT2D eigenvalue weighted by Crippen LogP contribution is 2.37. The summed E-state index contributed by atoms with van der Waals surface area (Å²) in [6.07, 6.45) is -1.29. The maximum absolute atomic E-state index is 11.5. The number of rotatable bonds is 12. The summed E-state index contributed by atoms with van der Waals surface area (Å²) in [4.78, 5) is 11.5. The summed E-state index contributed by atoms with van der Waals surface area (Å²) in [7, 11) is -2.74. The fourth-order valence-corrected chi connectivity index (χ4v) is 9.24. The van der Waals surface area contributed by atoms with Crippen molar-refractivity contribution in [3.8, 4) is 0 Å². The van der Waals surface area contributed by atoms with Gasteiger partial charge in [0.15, 0.2) is 6.10 Å². The maximum atomic E-state index is 11.5. The molecule has 0 amide bonds. The van der Waals surface area contributed by atoms with Crippen LogP contribution < -0.4 is 15.7 Å². The molecule has 0 fully saturated rings. The van der Waals surface area contributed by atoms with E-state index >= 15 is 0 Å². The highest BCUT2D eigenvalue weighted by molar-refractivity contribution is 6.99. The number of aliphatic carboxylic acids is 1. The van der Waals surface area contributed by atoms with Crippen LogP contribution in [-0.2, 0) is 20.5 Å². The molecule has 0 spiro atoms. The maximum Gasteiger partial charge on any atom is 0.332 e. The van der Waals surface area contributed by atoms with Gasteiger partial charge in [0.05, 0.1) is 18.8 Å². The van der Waals surface area contributed by atoms with Gasteiger partial charge in [0, 0.05) is 6.54 Å². The lowest BCUT2D eigenvalue weighted by atomic mass is 10.1. The monoisotopic (exact) mass is 505 g/mol. The van der Waals surface area contributed by atoms with E-state index in [4.69, 9.17) is 9.16 Å². The van der Waals surface area contributed by atoms with Gasteiger partial charge in [-0.1, -0.05) is 112 Å². The Labute approximate surface area is 216 Å². The topological polar surface area (TPSA) is 67.8 Å². The van der Waals surface area contributed by atoms with Crippen molar-refractivity contribution in [1.29, 1.82) is 0 Å². The van der Waals surface area contributed by atoms with E-state index in [-0.39, 0.29) is 17.2 Å². The third kappa shape index (κ3) is 6.71. The summed E-state index contributed by atoms with van der Waals surface area (Å²) in [6.45, 7) is 11.2. The molecular formula is C30H39NO4Si. The third-order valence-electron chi connectivity index (χ3n) is 6.64. The molecule has 3 atom stereocenters. The van der Waals surface area contributed by atoms with Crippen molar-refractivity contribution in [3.05, 3.63) is 96.6 Å². The lowest BCUT2D eigenvalue weighted by molar-refractivity contribution is -0.153. The molecule has 0 saturated heterocycles. The smallest absolute Gasteiger partial charge is 0.332 e. The van der Waals surface area contributed by atoms with Gasteiger partial charge >= 0.3 is 5.97 Å². The molecule has 3 rings (SSSR count). The van der Waals surface area contributed by atoms with E-state index in [2.05, 4.69) is 86.8 Å². The van der Waals surface area contributed by atoms with Crippen LogP contribution >= 0.6 is 0 Å². The van der Waals surface area contributed by atoms with E-state index in [9.17, 15) is 9.90 Å². The van der Waals surface area contributed by atoms with Crippen LogP contribution in [0.2, 0.25) is 5.04 Å². The average Bonchev–Trinajstić information content (AvgIpc) is 2.87. The molecule has 0 saturated carbocycles. The Kier molecular flexibility index (Phi) is 9.62. The van der Waals surface area contributed by atoms with Crippen LogP contribution in [0.15, 0.2) is 91.0 Å². The van der Waals surface area contributed by atoms with Crippen LogP contribution in [0.4, 0.5) is 0 Å². The molecular weight excluding hydrogens is 466 g/mol. The first-order chi connectivity index (χ1) is 17.1. The van der Waals surface area contributed by atoms with E-state index in [0.717, 1.165) is 5.56 Å². The normalized spacial score (nSPS) is 14.7. The van der Waals surface area contributed by atoms with Gasteiger partial charge in [0.25, 0.3) is 8.32 Å². The zero-order valence-electron chi connectivity index (χ0n) is 22.0. The number of nitrogens with one attached hydrogen (secondary N) is 1. The lowest BCUT2D eigenvalue weighted by Gasteiger charge is -2.44. The molecule has 2 N–H and O–H groups in total. The molecule has 0 bridgehead atoms. The Morgan fingerprint density at radius 3 is 1.78 bits per heavy atom. The van der Waals surface area contributed by atoms with Crippen LogP contribution in [-0.4, -0.2) is 44.2 Å². The van der Waals surface area contributed by atoms with Gasteiger partial charge in [-0.2, -0.15) is 0 Å². The fraction of sp³-hybridized carbons (Fsp3) is 0.367. The predicted molar refractivity (Wildman–Crippen MR) is 148 cm³/mol. The molecule has 5 nitrogen and oxygen atoms in total. The van der Waals surface area contributed by atoms with Crippen LogP contribution in [0.5, 0.6) is 0 Å². The van der Waals surface area contributed by atoms with Gasteiger partial charge in [0.2, 0.25) is 0 Å². The number of ether oxygens (including phenoxy) is 1. The standard InChI is InChI=1S/C30H39NO4Si/c1-23(35-24(2)29(32)33)28(31-21-25-15-9-6-10-16-25)22-34-36(30(3,4)5,26-17-11-7-12-18-26)27-19-13-8-14-20-27/h6-20,23-24,28,31H,21-22H2,1-5H3,(H,32,33)/t23-,24+,28+/m0/s1. The number of hydrogen-bond acceptors (Lipinski definition) is 4. The van der Waals surface area contributed by atoms with Crippen molar-refractivity contribution in [2.24, 2.45) is 0 Å². The molecule has 0 aliphatic rings. The number of carboxylic acid groups (broad SMARTS) is 1. The minimum absolute atomic E-state index is 0.155. The predicted octanol–water partition coefficient (Wildman–Crippen LogP) is 4.60. The van der Waals surface area contributed by atoms with Crippen molar-refractivity contribution < 1.29 is 19.1 Å². The fourth-order valence-electron chi connectivity index (χ4n) is 4.66. The van der Waals surface area contributed by atoms with Crippen LogP contribution in [0.1, 0.15) is 40.2 Å². The quantitative estimate of drug-likeness (QED) is 0.352. The number of carboxylic acids is 1. The molecule has 0 aliphatic heterocycles. The first kappa shape index (κ1) is 27.8. The van der Waals surface area contributed by atoms with E-state index in [1.807, 2.05) is 37.3 Å². The van der Waals surface area contributed by atoms with Gasteiger partial charge in [-0.15, -0.1) is 0 Å². The second-order valence-electron chi connectivity index (χ2n) is 10.3. The van der Waals surface area contributed by atoms with Crippen LogP contribution in [0.25, 0.3) is 0 Å². The van der Waals surface area contributed by atoms with Crippen molar-refractivity contribution in [3.63, 3.8) is 0 Å². The molecule has 192 valence electrons. The van der Waals surface area contributed by atoms with Crippen molar-refractivity contribution in [1.82, 2.24) is 5.32 Å². The minimum Gasteiger partial charge on any atom is -0.479 e. The molecule has 3 aromatic carbocycles. The lowest BCUT2D eigenvalue weighted by Crippen LogP contribution is -2.67. The molecule has 0 heterocycles. The Balaban J connectivity index is 1.96. The summed E-state index contributed by atoms with van der Waals surface area (Å²) < 4.78 is 13.0. The van der Waals surface area contributed by atoms with Crippen LogP contribution in [0, 0.1) is 0 Å². The molecule has 6 heteroatoms. The highest BCUT2D eigenvalue weighted by atomic mass is 28.4. The summed E-state index contributed by atoms with van der Waals surface area (Å²) in [6, 6.07) is 31.0. The summed E-state index contributed by atoms with van der Waals surface area (Å²) >= 11 is 0. The number of hydrogen-bond donors (Lipinski definition) is 2. The third-order valence-corrected chi connectivity index (χ3v) is 11.6. The Morgan fingerprint density at radius 2 is 1.33 bits per heavy atom. The summed E-state index contributed by atoms with van der Waals surface area (Å²) in [5.74, 6) is -0.975. The molecule has 36 heavy (non-hydrogen) atoms. The first-order valence-electron chi connectivity index (χ1n) is 12.6. The van der Waals surface area contributed by atoms with Gasteiger partial charge < -0.3 is 19.6 Å². The van der Waals surface area contributed by atoms with Gasteiger partial charge in [-0.05, 0) is 34.8 Å². The summed E-state index contributed by atoms with van der Waals surface area (Å²) in [5, 5.41) is 15.3. The Morgan fingerprint density at radius 1 is 0.861 bits per heavy atom. The van der Waals surface area contributed by atoms with Crippen molar-refractivity contribution >= 4 is 24.7 Å².